The highest BCUT2D eigenvalue weighted by Crippen LogP contribution is 2.36. The molecule has 0 spiro atoms. The molecule has 0 atom stereocenters. The van der Waals surface area contributed by atoms with Gasteiger partial charge in [-0.15, -0.1) is 0 Å². The number of anilines is 1. The fourth-order valence-electron chi connectivity index (χ4n) is 2.35. The van der Waals surface area contributed by atoms with Gasteiger partial charge in [0.15, 0.2) is 0 Å². The molecule has 2 aliphatic heterocycles. The quantitative estimate of drug-likeness (QED) is 0.765. The van der Waals surface area contributed by atoms with Crippen LogP contribution >= 0.6 is 0 Å². The maximum Gasteiger partial charge on any atom is 0.494 e. The normalized spacial score (nSPS) is 23.0. The molecule has 5 nitrogen and oxygen atoms in total. The summed E-state index contributed by atoms with van der Waals surface area (Å²) in [4.78, 5) is 11.3. The zero-order chi connectivity index (χ0) is 14.5. The molecular weight excluding hydrogens is 255 g/mol. The first-order valence-electron chi connectivity index (χ1n) is 6.82. The summed E-state index contributed by atoms with van der Waals surface area (Å²) in [6, 6.07) is 5.69. The fourth-order valence-corrected chi connectivity index (χ4v) is 2.35. The van der Waals surface area contributed by atoms with Gasteiger partial charge in [0.1, 0.15) is 0 Å². The number of carbonyl (C=O) groups is 1. The van der Waals surface area contributed by atoms with Gasteiger partial charge in [-0.3, -0.25) is 0 Å². The Kier molecular flexibility index (Phi) is 2.85. The van der Waals surface area contributed by atoms with E-state index >= 15 is 0 Å². The van der Waals surface area contributed by atoms with Crippen molar-refractivity contribution in [2.45, 2.75) is 45.4 Å². The number of carbonyl (C=O) groups excluding carboxylic acids is 1. The Labute approximate surface area is 119 Å². The molecule has 1 fully saturated rings. The first-order valence-corrected chi connectivity index (χ1v) is 6.82. The summed E-state index contributed by atoms with van der Waals surface area (Å²) in [5, 5.41) is 5.54. The van der Waals surface area contributed by atoms with E-state index in [2.05, 4.69) is 10.6 Å². The van der Waals surface area contributed by atoms with Gasteiger partial charge in [-0.05, 0) is 44.8 Å². The average Bonchev–Trinajstić information content (AvgIpc) is 2.58. The second kappa shape index (κ2) is 4.23. The maximum absolute atomic E-state index is 11.3. The summed E-state index contributed by atoms with van der Waals surface area (Å²) in [6.45, 7) is 8.66. The minimum absolute atomic E-state index is 0.166. The molecule has 2 N–H and O–H groups in total. The van der Waals surface area contributed by atoms with E-state index in [1.165, 1.54) is 0 Å². The Balaban J connectivity index is 1.88. The summed E-state index contributed by atoms with van der Waals surface area (Å²) < 4.78 is 12.1. The van der Waals surface area contributed by atoms with E-state index in [4.69, 9.17) is 9.31 Å². The van der Waals surface area contributed by atoms with Gasteiger partial charge in [0.05, 0.1) is 11.2 Å². The van der Waals surface area contributed by atoms with Gasteiger partial charge in [-0.25, -0.2) is 4.79 Å². The van der Waals surface area contributed by atoms with E-state index in [1.807, 2.05) is 45.9 Å². The molecule has 1 aromatic carbocycles. The van der Waals surface area contributed by atoms with Crippen LogP contribution in [0.1, 0.15) is 33.3 Å². The molecule has 2 amide bonds. The van der Waals surface area contributed by atoms with Crippen LogP contribution in [-0.4, -0.2) is 24.4 Å². The van der Waals surface area contributed by atoms with Gasteiger partial charge >= 0.3 is 13.1 Å². The predicted molar refractivity (Wildman–Crippen MR) is 78.0 cm³/mol. The first kappa shape index (κ1) is 13.5. The van der Waals surface area contributed by atoms with Crippen LogP contribution in [0.15, 0.2) is 18.2 Å². The Bertz CT molecular complexity index is 556. The van der Waals surface area contributed by atoms with Gasteiger partial charge in [-0.2, -0.15) is 0 Å². The highest BCUT2D eigenvalue weighted by atomic mass is 16.7. The van der Waals surface area contributed by atoms with Crippen LogP contribution in [0.4, 0.5) is 10.5 Å². The molecule has 3 rings (SSSR count). The van der Waals surface area contributed by atoms with Crippen molar-refractivity contribution in [2.75, 3.05) is 5.32 Å². The lowest BCUT2D eigenvalue weighted by Gasteiger charge is -2.32. The number of fused-ring (bicyclic) bond motifs is 1. The topological polar surface area (TPSA) is 59.6 Å². The SMILES string of the molecule is CC1(C)OB(c2ccc3c(c2)CNC(=O)N3)OC1(C)C. The molecule has 0 aromatic heterocycles. The first-order chi connectivity index (χ1) is 9.28. The second-order valence-electron chi connectivity index (χ2n) is 6.31. The lowest BCUT2D eigenvalue weighted by atomic mass is 9.78. The summed E-state index contributed by atoms with van der Waals surface area (Å²) in [5.74, 6) is 0. The van der Waals surface area contributed by atoms with Crippen molar-refractivity contribution < 1.29 is 14.1 Å². The number of benzene rings is 1. The average molecular weight is 274 g/mol. The van der Waals surface area contributed by atoms with Crippen LogP contribution in [0.2, 0.25) is 0 Å². The summed E-state index contributed by atoms with van der Waals surface area (Å²) in [7, 11) is -0.372. The minimum atomic E-state index is -0.372. The number of rotatable bonds is 1. The largest absolute Gasteiger partial charge is 0.494 e. The number of hydrogen-bond acceptors (Lipinski definition) is 3. The molecule has 0 unspecified atom stereocenters. The minimum Gasteiger partial charge on any atom is -0.399 e. The van der Waals surface area contributed by atoms with Crippen LogP contribution in [0.3, 0.4) is 0 Å². The number of amides is 2. The van der Waals surface area contributed by atoms with E-state index in [-0.39, 0.29) is 24.4 Å². The molecular formula is C14H19BN2O3. The standard InChI is InChI=1S/C14H19BN2O3/c1-13(2)14(3,4)20-15(19-13)10-5-6-11-9(7-10)8-16-12(18)17-11/h5-7H,8H2,1-4H3,(H2,16,17,18). The van der Waals surface area contributed by atoms with E-state index in [1.54, 1.807) is 0 Å². The summed E-state index contributed by atoms with van der Waals surface area (Å²) >= 11 is 0. The Morgan fingerprint density at radius 1 is 1.15 bits per heavy atom. The van der Waals surface area contributed by atoms with Crippen LogP contribution in [0, 0.1) is 0 Å². The number of urea groups is 1. The van der Waals surface area contributed by atoms with Crippen molar-refractivity contribution in [3.8, 4) is 0 Å². The number of hydrogen-bond donors (Lipinski definition) is 2. The Morgan fingerprint density at radius 3 is 2.45 bits per heavy atom. The van der Waals surface area contributed by atoms with Crippen LogP contribution < -0.4 is 16.1 Å². The van der Waals surface area contributed by atoms with Crippen molar-refractivity contribution in [3.63, 3.8) is 0 Å². The van der Waals surface area contributed by atoms with Crippen LogP contribution in [0.25, 0.3) is 0 Å². The molecule has 0 bridgehead atoms. The van der Waals surface area contributed by atoms with E-state index in [0.29, 0.717) is 6.54 Å². The molecule has 0 radical (unpaired) electrons. The molecule has 20 heavy (non-hydrogen) atoms. The third-order valence-corrected chi connectivity index (χ3v) is 4.34. The van der Waals surface area contributed by atoms with Gasteiger partial charge < -0.3 is 19.9 Å². The zero-order valence-electron chi connectivity index (χ0n) is 12.2. The summed E-state index contributed by atoms with van der Waals surface area (Å²) in [5.41, 5.74) is 2.16. The van der Waals surface area contributed by atoms with Gasteiger partial charge in [0, 0.05) is 12.2 Å². The van der Waals surface area contributed by atoms with Crippen molar-refractivity contribution in [2.24, 2.45) is 0 Å². The van der Waals surface area contributed by atoms with E-state index in [9.17, 15) is 4.79 Å². The van der Waals surface area contributed by atoms with E-state index < -0.39 is 0 Å². The van der Waals surface area contributed by atoms with Gasteiger partial charge in [0.25, 0.3) is 0 Å². The van der Waals surface area contributed by atoms with Crippen molar-refractivity contribution in [1.82, 2.24) is 5.32 Å². The summed E-state index contributed by atoms with van der Waals surface area (Å²) in [6.07, 6.45) is 0. The lowest BCUT2D eigenvalue weighted by Crippen LogP contribution is -2.41. The molecule has 0 aliphatic carbocycles. The fraction of sp³-hybridized carbons (Fsp3) is 0.500. The predicted octanol–water partition coefficient (Wildman–Crippen LogP) is 1.62. The van der Waals surface area contributed by atoms with Crippen LogP contribution in [0.5, 0.6) is 0 Å². The zero-order valence-corrected chi connectivity index (χ0v) is 12.2. The highest BCUT2D eigenvalue weighted by molar-refractivity contribution is 6.62. The highest BCUT2D eigenvalue weighted by Gasteiger charge is 2.51. The molecule has 106 valence electrons. The van der Waals surface area contributed by atoms with Crippen molar-refractivity contribution in [3.05, 3.63) is 23.8 Å². The molecule has 2 heterocycles. The Morgan fingerprint density at radius 2 is 1.80 bits per heavy atom. The monoisotopic (exact) mass is 274 g/mol. The second-order valence-corrected chi connectivity index (χ2v) is 6.31. The Hall–Kier alpha value is -1.53. The van der Waals surface area contributed by atoms with E-state index in [0.717, 1.165) is 16.7 Å². The van der Waals surface area contributed by atoms with Crippen molar-refractivity contribution in [1.29, 1.82) is 0 Å². The third-order valence-electron chi connectivity index (χ3n) is 4.34. The molecule has 6 heteroatoms. The molecule has 2 aliphatic rings. The lowest BCUT2D eigenvalue weighted by molar-refractivity contribution is 0.00578. The molecule has 1 saturated heterocycles. The van der Waals surface area contributed by atoms with Crippen LogP contribution in [-0.2, 0) is 15.9 Å². The van der Waals surface area contributed by atoms with Crippen molar-refractivity contribution >= 4 is 24.3 Å². The maximum atomic E-state index is 11.3. The smallest absolute Gasteiger partial charge is 0.399 e. The van der Waals surface area contributed by atoms with Gasteiger partial charge in [0.2, 0.25) is 0 Å². The molecule has 0 saturated carbocycles. The van der Waals surface area contributed by atoms with Gasteiger partial charge in [-0.1, -0.05) is 12.1 Å². The third kappa shape index (κ3) is 2.09. The molecule has 1 aromatic rings. The number of nitrogens with one attached hydrogen (secondary N) is 2.